The highest BCUT2D eigenvalue weighted by molar-refractivity contribution is 7.10. The van der Waals surface area contributed by atoms with Gasteiger partial charge in [-0.1, -0.05) is 6.42 Å². The number of hydrogen-bond donors (Lipinski definition) is 1. The van der Waals surface area contributed by atoms with Crippen molar-refractivity contribution in [1.82, 2.24) is 4.90 Å². The summed E-state index contributed by atoms with van der Waals surface area (Å²) in [6, 6.07) is 2.80. The van der Waals surface area contributed by atoms with E-state index in [9.17, 15) is 0 Å². The lowest BCUT2D eigenvalue weighted by Crippen LogP contribution is -2.40. The van der Waals surface area contributed by atoms with Crippen LogP contribution in [0.3, 0.4) is 0 Å². The van der Waals surface area contributed by atoms with Crippen molar-refractivity contribution in [3.05, 3.63) is 21.9 Å². The van der Waals surface area contributed by atoms with Gasteiger partial charge in [0, 0.05) is 17.5 Å². The molecule has 0 spiro atoms. The van der Waals surface area contributed by atoms with Crippen molar-refractivity contribution in [3.8, 4) is 0 Å². The first-order chi connectivity index (χ1) is 9.56. The lowest BCUT2D eigenvalue weighted by Gasteiger charge is -2.35. The molecule has 2 aliphatic rings. The standard InChI is InChI=1S/C17H28N2S/c1-11-6-7-20-17(11)16(12(2)18)19(3)10-15-9-13-4-5-14(15)8-13/h6-7,12-16H,4-5,8-10,18H2,1-3H3. The van der Waals surface area contributed by atoms with Gasteiger partial charge in [0.2, 0.25) is 0 Å². The molecule has 2 saturated carbocycles. The summed E-state index contributed by atoms with van der Waals surface area (Å²) in [4.78, 5) is 4.00. The molecule has 0 amide bonds. The molecule has 2 nitrogen and oxygen atoms in total. The van der Waals surface area contributed by atoms with Crippen molar-refractivity contribution >= 4 is 11.3 Å². The number of aryl methyl sites for hydroxylation is 1. The van der Waals surface area contributed by atoms with Crippen LogP contribution in [0.4, 0.5) is 0 Å². The van der Waals surface area contributed by atoms with Crippen LogP contribution >= 0.6 is 11.3 Å². The van der Waals surface area contributed by atoms with Crippen LogP contribution in [-0.4, -0.2) is 24.5 Å². The second-order valence-corrected chi connectivity index (χ2v) is 8.09. The molecule has 1 aromatic rings. The van der Waals surface area contributed by atoms with Gasteiger partial charge in [-0.25, -0.2) is 0 Å². The maximum absolute atomic E-state index is 6.31. The minimum Gasteiger partial charge on any atom is -0.326 e. The van der Waals surface area contributed by atoms with E-state index in [1.54, 1.807) is 0 Å². The number of nitrogens with zero attached hydrogens (tertiary/aromatic N) is 1. The zero-order valence-electron chi connectivity index (χ0n) is 13.0. The summed E-state index contributed by atoms with van der Waals surface area (Å²) in [5.74, 6) is 2.96. The van der Waals surface area contributed by atoms with Crippen LogP contribution in [0.1, 0.15) is 49.1 Å². The first kappa shape index (κ1) is 14.6. The van der Waals surface area contributed by atoms with E-state index in [1.807, 2.05) is 11.3 Å². The Morgan fingerprint density at radius 1 is 1.40 bits per heavy atom. The molecular formula is C17H28N2S. The van der Waals surface area contributed by atoms with Gasteiger partial charge >= 0.3 is 0 Å². The summed E-state index contributed by atoms with van der Waals surface area (Å²) in [7, 11) is 2.28. The molecule has 5 atom stereocenters. The average molecular weight is 292 g/mol. The van der Waals surface area contributed by atoms with Gasteiger partial charge in [0.25, 0.3) is 0 Å². The Hall–Kier alpha value is -0.380. The fourth-order valence-corrected chi connectivity index (χ4v) is 5.82. The molecular weight excluding hydrogens is 264 g/mol. The number of likely N-dealkylation sites (N-methyl/N-ethyl adjacent to an activating group) is 1. The van der Waals surface area contributed by atoms with Crippen LogP contribution < -0.4 is 5.73 Å². The number of hydrogen-bond acceptors (Lipinski definition) is 3. The van der Waals surface area contributed by atoms with E-state index >= 15 is 0 Å². The highest BCUT2D eigenvalue weighted by Crippen LogP contribution is 2.49. The van der Waals surface area contributed by atoms with E-state index in [0.29, 0.717) is 6.04 Å². The van der Waals surface area contributed by atoms with E-state index in [4.69, 9.17) is 5.73 Å². The molecule has 1 aromatic heterocycles. The molecule has 2 N–H and O–H groups in total. The number of fused-ring (bicyclic) bond motifs is 2. The molecule has 0 radical (unpaired) electrons. The van der Waals surface area contributed by atoms with Crippen molar-refractivity contribution < 1.29 is 0 Å². The fraction of sp³-hybridized carbons (Fsp3) is 0.765. The molecule has 2 aliphatic carbocycles. The maximum Gasteiger partial charge on any atom is 0.0591 e. The summed E-state index contributed by atoms with van der Waals surface area (Å²) in [5.41, 5.74) is 7.71. The van der Waals surface area contributed by atoms with Crippen LogP contribution in [0.25, 0.3) is 0 Å². The molecule has 3 rings (SSSR count). The first-order valence-corrected chi connectivity index (χ1v) is 8.94. The summed E-state index contributed by atoms with van der Waals surface area (Å²) >= 11 is 1.87. The average Bonchev–Trinajstić information content (AvgIpc) is 3.07. The molecule has 5 unspecified atom stereocenters. The molecule has 0 aliphatic heterocycles. The molecule has 0 saturated heterocycles. The summed E-state index contributed by atoms with van der Waals surface area (Å²) < 4.78 is 0. The quantitative estimate of drug-likeness (QED) is 0.894. The molecule has 2 bridgehead atoms. The predicted molar refractivity (Wildman–Crippen MR) is 87.0 cm³/mol. The van der Waals surface area contributed by atoms with E-state index < -0.39 is 0 Å². The van der Waals surface area contributed by atoms with Crippen LogP contribution in [0.15, 0.2) is 11.4 Å². The van der Waals surface area contributed by atoms with E-state index in [-0.39, 0.29) is 6.04 Å². The van der Waals surface area contributed by atoms with Crippen LogP contribution in [0, 0.1) is 24.7 Å². The second kappa shape index (κ2) is 5.78. The number of rotatable bonds is 5. The van der Waals surface area contributed by atoms with Gasteiger partial charge < -0.3 is 5.73 Å². The Morgan fingerprint density at radius 3 is 2.70 bits per heavy atom. The first-order valence-electron chi connectivity index (χ1n) is 8.06. The Morgan fingerprint density at radius 2 is 2.20 bits per heavy atom. The topological polar surface area (TPSA) is 29.3 Å². The normalized spacial score (nSPS) is 31.9. The molecule has 112 valence electrons. The molecule has 2 fully saturated rings. The number of thiophene rings is 1. The highest BCUT2D eigenvalue weighted by Gasteiger charge is 2.40. The van der Waals surface area contributed by atoms with Crippen LogP contribution in [0.2, 0.25) is 0 Å². The van der Waals surface area contributed by atoms with Crippen molar-refractivity contribution in [2.75, 3.05) is 13.6 Å². The van der Waals surface area contributed by atoms with Crippen molar-refractivity contribution in [2.45, 2.75) is 51.6 Å². The SMILES string of the molecule is Cc1ccsc1C(C(C)N)N(C)CC1CC2CCC1C2. The summed E-state index contributed by atoms with van der Waals surface area (Å²) in [6.45, 7) is 5.60. The Labute approximate surface area is 127 Å². The third kappa shape index (κ3) is 2.68. The van der Waals surface area contributed by atoms with Gasteiger partial charge in [-0.15, -0.1) is 11.3 Å². The van der Waals surface area contributed by atoms with E-state index in [1.165, 1.54) is 42.7 Å². The summed E-state index contributed by atoms with van der Waals surface area (Å²) in [5, 5.41) is 2.20. The third-order valence-corrected chi connectivity index (χ3v) is 6.64. The van der Waals surface area contributed by atoms with Gasteiger partial charge in [-0.3, -0.25) is 4.90 Å². The number of nitrogens with two attached hydrogens (primary N) is 1. The van der Waals surface area contributed by atoms with E-state index in [2.05, 4.69) is 37.2 Å². The van der Waals surface area contributed by atoms with Crippen LogP contribution in [0.5, 0.6) is 0 Å². The monoisotopic (exact) mass is 292 g/mol. The third-order valence-electron chi connectivity index (χ3n) is 5.55. The lowest BCUT2D eigenvalue weighted by molar-refractivity contribution is 0.160. The Kier molecular flexibility index (Phi) is 4.21. The fourth-order valence-electron chi connectivity index (χ4n) is 4.61. The van der Waals surface area contributed by atoms with Crippen molar-refractivity contribution in [1.29, 1.82) is 0 Å². The Balaban J connectivity index is 1.70. The molecule has 1 heterocycles. The highest BCUT2D eigenvalue weighted by atomic mass is 32.1. The Bertz CT molecular complexity index is 454. The zero-order valence-corrected chi connectivity index (χ0v) is 13.8. The van der Waals surface area contributed by atoms with Gasteiger partial charge in [0.15, 0.2) is 0 Å². The zero-order chi connectivity index (χ0) is 14.3. The van der Waals surface area contributed by atoms with Crippen molar-refractivity contribution in [2.24, 2.45) is 23.5 Å². The molecule has 20 heavy (non-hydrogen) atoms. The minimum atomic E-state index is 0.191. The van der Waals surface area contributed by atoms with Gasteiger partial charge in [-0.05, 0) is 74.9 Å². The smallest absolute Gasteiger partial charge is 0.0591 e. The van der Waals surface area contributed by atoms with Gasteiger partial charge in [0.1, 0.15) is 0 Å². The molecule has 3 heteroatoms. The van der Waals surface area contributed by atoms with Crippen molar-refractivity contribution in [3.63, 3.8) is 0 Å². The van der Waals surface area contributed by atoms with Gasteiger partial charge in [-0.2, -0.15) is 0 Å². The summed E-state index contributed by atoms with van der Waals surface area (Å²) in [6.07, 6.45) is 5.93. The minimum absolute atomic E-state index is 0.191. The van der Waals surface area contributed by atoms with E-state index in [0.717, 1.165) is 17.8 Å². The predicted octanol–water partition coefficient (Wildman–Crippen LogP) is 3.81. The molecule has 0 aromatic carbocycles. The lowest BCUT2D eigenvalue weighted by atomic mass is 9.88. The largest absolute Gasteiger partial charge is 0.326 e. The van der Waals surface area contributed by atoms with Crippen LogP contribution in [-0.2, 0) is 0 Å². The maximum atomic E-state index is 6.31. The van der Waals surface area contributed by atoms with Gasteiger partial charge in [0.05, 0.1) is 6.04 Å². The second-order valence-electron chi connectivity index (χ2n) is 7.15.